The largest absolute Gasteiger partial charge is 0.339 e. The summed E-state index contributed by atoms with van der Waals surface area (Å²) < 4.78 is 0. The van der Waals surface area contributed by atoms with Crippen molar-refractivity contribution in [3.63, 3.8) is 0 Å². The van der Waals surface area contributed by atoms with E-state index in [1.54, 1.807) is 18.3 Å². The number of anilines is 1. The second kappa shape index (κ2) is 6.94. The number of benzene rings is 3. The molecule has 2 N–H and O–H groups in total. The zero-order valence-corrected chi connectivity index (χ0v) is 12.9. The highest BCUT2D eigenvalue weighted by molar-refractivity contribution is 6.30. The number of amides is 2. The number of nitrogens with zero attached hydrogens (tertiary/aromatic N) is 1. The van der Waals surface area contributed by atoms with Crippen molar-refractivity contribution in [3.05, 3.63) is 77.3 Å². The molecule has 5 heteroatoms. The van der Waals surface area contributed by atoms with Gasteiger partial charge in [0.2, 0.25) is 0 Å². The van der Waals surface area contributed by atoms with Crippen LogP contribution in [0.15, 0.2) is 71.8 Å². The fourth-order valence-corrected chi connectivity index (χ4v) is 2.32. The predicted octanol–water partition coefficient (Wildman–Crippen LogP) is 4.65. The van der Waals surface area contributed by atoms with Crippen LogP contribution in [0.5, 0.6) is 0 Å². The Hall–Kier alpha value is -2.85. The summed E-state index contributed by atoms with van der Waals surface area (Å²) in [6.07, 6.45) is 1.55. The van der Waals surface area contributed by atoms with Crippen LogP contribution in [0.1, 0.15) is 5.56 Å². The predicted molar refractivity (Wildman–Crippen MR) is 95.1 cm³/mol. The summed E-state index contributed by atoms with van der Waals surface area (Å²) in [6.45, 7) is 0. The second-order valence-electron chi connectivity index (χ2n) is 4.90. The van der Waals surface area contributed by atoms with Crippen molar-refractivity contribution in [2.45, 2.75) is 0 Å². The number of nitrogens with one attached hydrogen (secondary N) is 2. The monoisotopic (exact) mass is 323 g/mol. The van der Waals surface area contributed by atoms with Crippen molar-refractivity contribution in [3.8, 4) is 0 Å². The quantitative estimate of drug-likeness (QED) is 0.535. The first kappa shape index (κ1) is 15.1. The van der Waals surface area contributed by atoms with Gasteiger partial charge in [0.25, 0.3) is 0 Å². The van der Waals surface area contributed by atoms with Gasteiger partial charge in [-0.2, -0.15) is 5.10 Å². The summed E-state index contributed by atoms with van der Waals surface area (Å²) in [4.78, 5) is 11.9. The molecule has 0 heterocycles. The number of halogens is 1. The van der Waals surface area contributed by atoms with Crippen molar-refractivity contribution in [1.29, 1.82) is 0 Å². The highest BCUT2D eigenvalue weighted by Crippen LogP contribution is 2.22. The molecule has 0 aliphatic heterocycles. The molecule has 0 atom stereocenters. The SMILES string of the molecule is O=C(N/N=C\c1ccc(Cl)cc1)Nc1cccc2ccccc12. The van der Waals surface area contributed by atoms with Gasteiger partial charge in [-0.25, -0.2) is 10.2 Å². The molecule has 0 aliphatic carbocycles. The summed E-state index contributed by atoms with van der Waals surface area (Å²) in [5.41, 5.74) is 4.03. The summed E-state index contributed by atoms with van der Waals surface area (Å²) in [7, 11) is 0. The maximum Gasteiger partial charge on any atom is 0.339 e. The van der Waals surface area contributed by atoms with E-state index in [9.17, 15) is 4.79 Å². The normalized spacial score (nSPS) is 10.8. The van der Waals surface area contributed by atoms with Gasteiger partial charge in [0.05, 0.1) is 11.9 Å². The van der Waals surface area contributed by atoms with E-state index < -0.39 is 6.03 Å². The Morgan fingerprint density at radius 2 is 1.70 bits per heavy atom. The molecule has 3 aromatic rings. The molecule has 0 fully saturated rings. The van der Waals surface area contributed by atoms with Gasteiger partial charge in [-0.1, -0.05) is 60.1 Å². The molecule has 0 bridgehead atoms. The van der Waals surface area contributed by atoms with Crippen LogP contribution in [-0.4, -0.2) is 12.2 Å². The molecule has 0 radical (unpaired) electrons. The third-order valence-electron chi connectivity index (χ3n) is 3.29. The first-order valence-corrected chi connectivity index (χ1v) is 7.43. The van der Waals surface area contributed by atoms with Crippen molar-refractivity contribution in [2.24, 2.45) is 5.10 Å². The lowest BCUT2D eigenvalue weighted by molar-refractivity contribution is 0.252. The van der Waals surface area contributed by atoms with E-state index in [1.807, 2.05) is 54.6 Å². The van der Waals surface area contributed by atoms with Gasteiger partial charge in [-0.3, -0.25) is 0 Å². The molecule has 0 aliphatic rings. The molecule has 3 rings (SSSR count). The number of fused-ring (bicyclic) bond motifs is 1. The lowest BCUT2D eigenvalue weighted by Gasteiger charge is -2.07. The average molecular weight is 324 g/mol. The van der Waals surface area contributed by atoms with Gasteiger partial charge in [0, 0.05) is 10.4 Å². The minimum Gasteiger partial charge on any atom is -0.306 e. The fraction of sp³-hybridized carbons (Fsp3) is 0. The van der Waals surface area contributed by atoms with Crippen LogP contribution in [-0.2, 0) is 0 Å². The minimum atomic E-state index is -0.397. The van der Waals surface area contributed by atoms with E-state index >= 15 is 0 Å². The first-order valence-electron chi connectivity index (χ1n) is 7.06. The highest BCUT2D eigenvalue weighted by Gasteiger charge is 2.03. The second-order valence-corrected chi connectivity index (χ2v) is 5.34. The highest BCUT2D eigenvalue weighted by atomic mass is 35.5. The number of hydrazone groups is 1. The van der Waals surface area contributed by atoms with Gasteiger partial charge in [-0.15, -0.1) is 0 Å². The molecular weight excluding hydrogens is 310 g/mol. The van der Waals surface area contributed by atoms with Crippen LogP contribution < -0.4 is 10.7 Å². The molecule has 0 saturated heterocycles. The molecule has 0 spiro atoms. The lowest BCUT2D eigenvalue weighted by atomic mass is 10.1. The van der Waals surface area contributed by atoms with Crippen molar-refractivity contribution < 1.29 is 4.79 Å². The van der Waals surface area contributed by atoms with E-state index in [1.165, 1.54) is 0 Å². The Morgan fingerprint density at radius 3 is 2.52 bits per heavy atom. The zero-order chi connectivity index (χ0) is 16.1. The van der Waals surface area contributed by atoms with Gasteiger partial charge in [0.1, 0.15) is 0 Å². The molecular formula is C18H14ClN3O. The molecule has 4 nitrogen and oxygen atoms in total. The molecule has 3 aromatic carbocycles. The Kier molecular flexibility index (Phi) is 4.54. The molecule has 2 amide bonds. The minimum absolute atomic E-state index is 0.397. The number of rotatable bonds is 3. The molecule has 0 aromatic heterocycles. The van der Waals surface area contributed by atoms with Gasteiger partial charge >= 0.3 is 6.03 Å². The van der Waals surface area contributed by atoms with E-state index in [0.29, 0.717) is 5.02 Å². The Morgan fingerprint density at radius 1 is 0.957 bits per heavy atom. The number of carbonyl (C=O) groups is 1. The first-order chi connectivity index (χ1) is 11.2. The number of urea groups is 1. The van der Waals surface area contributed by atoms with Gasteiger partial charge in [-0.05, 0) is 29.1 Å². The van der Waals surface area contributed by atoms with Crippen molar-refractivity contribution >= 4 is 40.3 Å². The van der Waals surface area contributed by atoms with E-state index in [4.69, 9.17) is 11.6 Å². The van der Waals surface area contributed by atoms with Crippen LogP contribution in [0, 0.1) is 0 Å². The Bertz CT molecular complexity index is 854. The van der Waals surface area contributed by atoms with Crippen LogP contribution in [0.3, 0.4) is 0 Å². The maximum atomic E-state index is 11.9. The number of carbonyl (C=O) groups excluding carboxylic acids is 1. The fourth-order valence-electron chi connectivity index (χ4n) is 2.20. The third-order valence-corrected chi connectivity index (χ3v) is 3.54. The standard InChI is InChI=1S/C18H14ClN3O/c19-15-10-8-13(9-11-15)12-20-22-18(23)21-17-7-3-5-14-4-1-2-6-16(14)17/h1-12H,(H2,21,22,23)/b20-12-. The van der Waals surface area contributed by atoms with Crippen LogP contribution >= 0.6 is 11.6 Å². The summed E-state index contributed by atoms with van der Waals surface area (Å²) in [5, 5.41) is 9.41. The van der Waals surface area contributed by atoms with Crippen LogP contribution in [0.4, 0.5) is 10.5 Å². The molecule has 0 unspecified atom stereocenters. The molecule has 0 saturated carbocycles. The van der Waals surface area contributed by atoms with Crippen molar-refractivity contribution in [2.75, 3.05) is 5.32 Å². The zero-order valence-electron chi connectivity index (χ0n) is 12.2. The third kappa shape index (κ3) is 3.87. The molecule has 23 heavy (non-hydrogen) atoms. The van der Waals surface area contributed by atoms with Crippen LogP contribution in [0.2, 0.25) is 5.02 Å². The topological polar surface area (TPSA) is 53.5 Å². The maximum absolute atomic E-state index is 11.9. The Balaban J connectivity index is 1.66. The number of hydrogen-bond donors (Lipinski definition) is 2. The van der Waals surface area contributed by atoms with E-state index in [-0.39, 0.29) is 0 Å². The van der Waals surface area contributed by atoms with Gasteiger partial charge in [0.15, 0.2) is 0 Å². The smallest absolute Gasteiger partial charge is 0.306 e. The van der Waals surface area contributed by atoms with E-state index in [0.717, 1.165) is 22.0 Å². The lowest BCUT2D eigenvalue weighted by Crippen LogP contribution is -2.24. The van der Waals surface area contributed by atoms with Gasteiger partial charge < -0.3 is 5.32 Å². The van der Waals surface area contributed by atoms with Crippen molar-refractivity contribution in [1.82, 2.24) is 5.43 Å². The summed E-state index contributed by atoms with van der Waals surface area (Å²) in [5.74, 6) is 0. The van der Waals surface area contributed by atoms with E-state index in [2.05, 4.69) is 15.8 Å². The molecule has 114 valence electrons. The summed E-state index contributed by atoms with van der Waals surface area (Å²) in [6, 6.07) is 20.4. The number of hydrogen-bond acceptors (Lipinski definition) is 2. The summed E-state index contributed by atoms with van der Waals surface area (Å²) >= 11 is 5.81. The Labute approximate surface area is 138 Å². The average Bonchev–Trinajstić information content (AvgIpc) is 2.57. The van der Waals surface area contributed by atoms with Crippen LogP contribution in [0.25, 0.3) is 10.8 Å².